The van der Waals surface area contributed by atoms with Crippen molar-refractivity contribution in [3.8, 4) is 0 Å². The van der Waals surface area contributed by atoms with E-state index in [2.05, 4.69) is 5.32 Å². The van der Waals surface area contributed by atoms with Gasteiger partial charge in [-0.2, -0.15) is 0 Å². The topological polar surface area (TPSA) is 49.4 Å². The highest BCUT2D eigenvalue weighted by Gasteiger charge is 2.32. The number of hydrogen-bond donors (Lipinski definition) is 1. The van der Waals surface area contributed by atoms with Crippen LogP contribution in [-0.2, 0) is 28.3 Å². The van der Waals surface area contributed by atoms with Gasteiger partial charge in [0.2, 0.25) is 11.8 Å². The number of carbonyl (C=O) groups is 2. The molecule has 0 aliphatic carbocycles. The first kappa shape index (κ1) is 28.1. The highest BCUT2D eigenvalue weighted by molar-refractivity contribution is 7.99. The molecule has 0 aliphatic heterocycles. The minimum absolute atomic E-state index is 0.119. The van der Waals surface area contributed by atoms with Crippen LogP contribution in [0, 0.1) is 0 Å². The van der Waals surface area contributed by atoms with Crippen LogP contribution in [0.5, 0.6) is 0 Å². The molecule has 1 atom stereocenters. The highest BCUT2D eigenvalue weighted by atomic mass is 35.5. The first-order valence-corrected chi connectivity index (χ1v) is 13.7. The third kappa shape index (κ3) is 8.88. The summed E-state index contributed by atoms with van der Waals surface area (Å²) in [4.78, 5) is 28.9. The molecule has 0 aromatic heterocycles. The highest BCUT2D eigenvalue weighted by Crippen LogP contribution is 2.25. The third-order valence-corrected chi connectivity index (χ3v) is 7.04. The molecule has 36 heavy (non-hydrogen) atoms. The van der Waals surface area contributed by atoms with Gasteiger partial charge in [-0.05, 0) is 49.6 Å². The minimum atomic E-state index is -0.705. The lowest BCUT2D eigenvalue weighted by molar-refractivity contribution is -0.140. The molecule has 1 N–H and O–H groups in total. The molecule has 0 unspecified atom stereocenters. The molecule has 0 bridgehead atoms. The first-order chi connectivity index (χ1) is 17.1. The van der Waals surface area contributed by atoms with Crippen molar-refractivity contribution < 1.29 is 9.59 Å². The average Bonchev–Trinajstić information content (AvgIpc) is 2.82. The van der Waals surface area contributed by atoms with Crippen LogP contribution in [0.15, 0.2) is 78.9 Å². The van der Waals surface area contributed by atoms with E-state index in [-0.39, 0.29) is 24.1 Å². The van der Waals surface area contributed by atoms with Crippen molar-refractivity contribution in [2.24, 2.45) is 0 Å². The van der Waals surface area contributed by atoms with E-state index in [1.165, 1.54) is 11.8 Å². The number of amides is 2. The Morgan fingerprint density at radius 1 is 0.917 bits per heavy atom. The third-order valence-electron chi connectivity index (χ3n) is 5.46. The maximum atomic E-state index is 13.7. The van der Waals surface area contributed by atoms with Crippen LogP contribution in [0.2, 0.25) is 10.0 Å². The van der Waals surface area contributed by atoms with Gasteiger partial charge in [0.1, 0.15) is 6.04 Å². The van der Waals surface area contributed by atoms with Crippen LogP contribution in [0.3, 0.4) is 0 Å². The summed E-state index contributed by atoms with van der Waals surface area (Å²) in [6, 6.07) is 24.3. The molecule has 3 rings (SSSR count). The van der Waals surface area contributed by atoms with Gasteiger partial charge in [0.15, 0.2) is 0 Å². The maximum absolute atomic E-state index is 13.7. The SMILES string of the molecule is CC(C)(C)NC(=O)[C@H](Cc1ccccc1)N(Cc1ccc(Cl)cc1Cl)C(=O)CSCc1ccccc1. The summed E-state index contributed by atoms with van der Waals surface area (Å²) < 4.78 is 0. The number of nitrogens with one attached hydrogen (secondary N) is 1. The van der Waals surface area contributed by atoms with Gasteiger partial charge < -0.3 is 10.2 Å². The maximum Gasteiger partial charge on any atom is 0.243 e. The molecule has 0 spiro atoms. The molecule has 0 radical (unpaired) electrons. The molecule has 3 aromatic rings. The van der Waals surface area contributed by atoms with Gasteiger partial charge in [0, 0.05) is 34.3 Å². The van der Waals surface area contributed by atoms with Crippen molar-refractivity contribution in [1.82, 2.24) is 10.2 Å². The second-order valence-corrected chi connectivity index (χ2v) is 11.5. The zero-order valence-corrected chi connectivity index (χ0v) is 23.2. The minimum Gasteiger partial charge on any atom is -0.350 e. The van der Waals surface area contributed by atoms with Crippen LogP contribution < -0.4 is 5.32 Å². The van der Waals surface area contributed by atoms with Crippen LogP contribution in [-0.4, -0.2) is 34.0 Å². The van der Waals surface area contributed by atoms with E-state index in [1.54, 1.807) is 17.0 Å². The van der Waals surface area contributed by atoms with Crippen LogP contribution in [0.4, 0.5) is 0 Å². The van der Waals surface area contributed by atoms with Crippen molar-refractivity contribution in [3.63, 3.8) is 0 Å². The lowest BCUT2D eigenvalue weighted by Crippen LogP contribution is -2.54. The molecule has 0 aliphatic rings. The standard InChI is InChI=1S/C29H32Cl2N2O2S/c1-29(2,3)32-28(35)26(16-21-10-6-4-7-11-21)33(18-23-14-15-24(30)17-25(23)31)27(34)20-36-19-22-12-8-5-9-13-22/h4-15,17,26H,16,18-20H2,1-3H3,(H,32,35)/t26-/m0/s1. The number of nitrogens with zero attached hydrogens (tertiary/aromatic N) is 1. The average molecular weight is 544 g/mol. The summed E-state index contributed by atoms with van der Waals surface area (Å²) in [6.07, 6.45) is 0.392. The number of hydrogen-bond acceptors (Lipinski definition) is 3. The smallest absolute Gasteiger partial charge is 0.243 e. The number of halogens is 2. The monoisotopic (exact) mass is 542 g/mol. The van der Waals surface area contributed by atoms with Gasteiger partial charge in [-0.1, -0.05) is 89.9 Å². The molecular weight excluding hydrogens is 511 g/mol. The van der Waals surface area contributed by atoms with Gasteiger partial charge in [0.05, 0.1) is 5.75 Å². The van der Waals surface area contributed by atoms with Gasteiger partial charge in [0.25, 0.3) is 0 Å². The second-order valence-electron chi connectivity index (χ2n) is 9.68. The lowest BCUT2D eigenvalue weighted by atomic mass is 10.0. The molecule has 0 heterocycles. The van der Waals surface area contributed by atoms with Gasteiger partial charge in [-0.15, -0.1) is 11.8 Å². The normalized spacial score (nSPS) is 12.1. The summed E-state index contributed by atoms with van der Waals surface area (Å²) in [5, 5.41) is 4.06. The predicted octanol–water partition coefficient (Wildman–Crippen LogP) is 6.78. The van der Waals surface area contributed by atoms with E-state index in [0.717, 1.165) is 16.7 Å². The summed E-state index contributed by atoms with van der Waals surface area (Å²) in [5.74, 6) is 0.637. The fourth-order valence-electron chi connectivity index (χ4n) is 3.75. The van der Waals surface area contributed by atoms with Gasteiger partial charge in [-0.3, -0.25) is 9.59 Å². The Kier molecular flexibility index (Phi) is 10.3. The summed E-state index contributed by atoms with van der Waals surface area (Å²) in [6.45, 7) is 6.00. The van der Waals surface area contributed by atoms with Crippen molar-refractivity contribution in [2.45, 2.75) is 51.1 Å². The molecule has 2 amide bonds. The Morgan fingerprint density at radius 3 is 2.11 bits per heavy atom. The zero-order valence-electron chi connectivity index (χ0n) is 20.8. The lowest BCUT2D eigenvalue weighted by Gasteiger charge is -2.34. The van der Waals surface area contributed by atoms with E-state index in [9.17, 15) is 9.59 Å². The Hall–Kier alpha value is -2.47. The molecular formula is C29H32Cl2N2O2S. The van der Waals surface area contributed by atoms with Crippen molar-refractivity contribution in [2.75, 3.05) is 5.75 Å². The molecule has 0 saturated carbocycles. The Bertz CT molecular complexity index is 1150. The van der Waals surface area contributed by atoms with E-state index < -0.39 is 11.6 Å². The fourth-order valence-corrected chi connectivity index (χ4v) is 5.09. The Labute approximate surface area is 228 Å². The Balaban J connectivity index is 1.90. The number of carbonyl (C=O) groups excluding carboxylic acids is 2. The molecule has 0 saturated heterocycles. The van der Waals surface area contributed by atoms with Gasteiger partial charge >= 0.3 is 0 Å². The summed E-state index contributed by atoms with van der Waals surface area (Å²) >= 11 is 14.1. The number of benzene rings is 3. The summed E-state index contributed by atoms with van der Waals surface area (Å²) in [5.41, 5.74) is 2.42. The van der Waals surface area contributed by atoms with Crippen molar-refractivity contribution >= 4 is 46.8 Å². The molecule has 3 aromatic carbocycles. The fraction of sp³-hybridized carbons (Fsp3) is 0.310. The van der Waals surface area contributed by atoms with Crippen molar-refractivity contribution in [1.29, 1.82) is 0 Å². The molecule has 4 nitrogen and oxygen atoms in total. The first-order valence-electron chi connectivity index (χ1n) is 11.8. The Morgan fingerprint density at radius 2 is 1.53 bits per heavy atom. The van der Waals surface area contributed by atoms with E-state index in [1.807, 2.05) is 87.5 Å². The van der Waals surface area contributed by atoms with Crippen LogP contribution in [0.25, 0.3) is 0 Å². The van der Waals surface area contributed by atoms with E-state index >= 15 is 0 Å². The zero-order chi connectivity index (χ0) is 26.1. The molecule has 7 heteroatoms. The van der Waals surface area contributed by atoms with E-state index in [4.69, 9.17) is 23.2 Å². The van der Waals surface area contributed by atoms with Crippen LogP contribution in [0.1, 0.15) is 37.5 Å². The number of thioether (sulfide) groups is 1. The summed E-state index contributed by atoms with van der Waals surface area (Å²) in [7, 11) is 0. The predicted molar refractivity (Wildman–Crippen MR) is 151 cm³/mol. The second kappa shape index (κ2) is 13.2. The largest absolute Gasteiger partial charge is 0.350 e. The van der Waals surface area contributed by atoms with Crippen LogP contribution >= 0.6 is 35.0 Å². The quantitative estimate of drug-likeness (QED) is 0.307. The number of rotatable bonds is 10. The molecule has 190 valence electrons. The molecule has 0 fully saturated rings. The van der Waals surface area contributed by atoms with Gasteiger partial charge in [-0.25, -0.2) is 0 Å². The van der Waals surface area contributed by atoms with Crippen molar-refractivity contribution in [3.05, 3.63) is 106 Å². The van der Waals surface area contributed by atoms with E-state index in [0.29, 0.717) is 22.2 Å².